The topological polar surface area (TPSA) is 18.5 Å². The molecule has 92 valence electrons. The third-order valence-electron chi connectivity index (χ3n) is 2.91. The van der Waals surface area contributed by atoms with Crippen LogP contribution in [0.5, 0.6) is 0 Å². The molecule has 1 N–H and O–H groups in total. The van der Waals surface area contributed by atoms with Gasteiger partial charge in [-0.25, -0.2) is 0 Å². The Morgan fingerprint density at radius 1 is 1.00 bits per heavy atom. The summed E-state index contributed by atoms with van der Waals surface area (Å²) in [5.74, 6) is 0. The molecule has 1 rings (SSSR count). The maximum absolute atomic E-state index is 3.33. The molecule has 0 saturated carbocycles. The largest absolute Gasteiger partial charge is 0.314 e. The molecule has 1 aliphatic heterocycles. The first-order valence-corrected chi connectivity index (χ1v) is 6.06. The lowest BCUT2D eigenvalue weighted by Crippen LogP contribution is -2.46. The summed E-state index contributed by atoms with van der Waals surface area (Å²) >= 11 is 0. The lowest BCUT2D eigenvalue weighted by atomic mass is 10.3. The Balaban J connectivity index is 0.000000288. The van der Waals surface area contributed by atoms with Crippen LogP contribution in [0.15, 0.2) is 0 Å². The predicted molar refractivity (Wildman–Crippen MR) is 68.4 cm³/mol. The van der Waals surface area contributed by atoms with E-state index in [9.17, 15) is 0 Å². The third kappa shape index (κ3) is 7.77. The first-order valence-electron chi connectivity index (χ1n) is 6.06. The van der Waals surface area contributed by atoms with Gasteiger partial charge >= 0.3 is 0 Å². The minimum absolute atomic E-state index is 0.685. The molecule has 0 amide bonds. The molecular formula is C12H29N3. The molecule has 15 heavy (non-hydrogen) atoms. The van der Waals surface area contributed by atoms with E-state index in [-0.39, 0.29) is 0 Å². The first kappa shape index (κ1) is 14.9. The second kappa shape index (κ2) is 8.08. The van der Waals surface area contributed by atoms with Crippen molar-refractivity contribution in [1.29, 1.82) is 0 Å². The SMILES string of the molecule is CC(C)N(C)C.CC(C)N1CCNCC1. The molecule has 1 heterocycles. The fraction of sp³-hybridized carbons (Fsp3) is 1.00. The quantitative estimate of drug-likeness (QED) is 0.748. The van der Waals surface area contributed by atoms with Crippen molar-refractivity contribution in [3.05, 3.63) is 0 Å². The van der Waals surface area contributed by atoms with Crippen LogP contribution in [-0.2, 0) is 0 Å². The predicted octanol–water partition coefficient (Wildman–Crippen LogP) is 1.26. The highest BCUT2D eigenvalue weighted by molar-refractivity contribution is 4.69. The number of piperazine rings is 1. The van der Waals surface area contributed by atoms with E-state index in [0.29, 0.717) is 6.04 Å². The smallest absolute Gasteiger partial charge is 0.0110 e. The van der Waals surface area contributed by atoms with Crippen LogP contribution in [0.2, 0.25) is 0 Å². The van der Waals surface area contributed by atoms with E-state index in [2.05, 4.69) is 56.9 Å². The van der Waals surface area contributed by atoms with Crippen molar-refractivity contribution in [3.63, 3.8) is 0 Å². The van der Waals surface area contributed by atoms with E-state index in [4.69, 9.17) is 0 Å². The van der Waals surface area contributed by atoms with Crippen LogP contribution in [0.25, 0.3) is 0 Å². The van der Waals surface area contributed by atoms with E-state index < -0.39 is 0 Å². The highest BCUT2D eigenvalue weighted by atomic mass is 15.2. The fourth-order valence-corrected chi connectivity index (χ4v) is 1.20. The molecule has 0 spiro atoms. The minimum atomic E-state index is 0.685. The summed E-state index contributed by atoms with van der Waals surface area (Å²) in [4.78, 5) is 4.66. The summed E-state index contributed by atoms with van der Waals surface area (Å²) in [7, 11) is 4.15. The van der Waals surface area contributed by atoms with Gasteiger partial charge in [0.15, 0.2) is 0 Å². The van der Waals surface area contributed by atoms with Gasteiger partial charge in [0.2, 0.25) is 0 Å². The average molecular weight is 215 g/mol. The van der Waals surface area contributed by atoms with Gasteiger partial charge in [0, 0.05) is 38.3 Å². The van der Waals surface area contributed by atoms with Gasteiger partial charge in [-0.3, -0.25) is 4.90 Å². The number of hydrogen-bond acceptors (Lipinski definition) is 3. The average Bonchev–Trinajstić information content (AvgIpc) is 2.20. The Bertz CT molecular complexity index is 132. The van der Waals surface area contributed by atoms with Crippen molar-refractivity contribution in [3.8, 4) is 0 Å². The molecule has 1 saturated heterocycles. The fourth-order valence-electron chi connectivity index (χ4n) is 1.20. The summed E-state index contributed by atoms with van der Waals surface area (Å²) in [6.07, 6.45) is 0. The Kier molecular flexibility index (Phi) is 8.02. The molecule has 3 heteroatoms. The van der Waals surface area contributed by atoms with Crippen LogP contribution in [0, 0.1) is 0 Å². The number of rotatable bonds is 2. The maximum atomic E-state index is 3.33. The lowest BCUT2D eigenvalue weighted by molar-refractivity contribution is 0.196. The summed E-state index contributed by atoms with van der Waals surface area (Å²) < 4.78 is 0. The zero-order valence-corrected chi connectivity index (χ0v) is 11.4. The molecule has 0 aromatic heterocycles. The number of nitrogens with zero attached hydrogens (tertiary/aromatic N) is 2. The molecule has 0 unspecified atom stereocenters. The van der Waals surface area contributed by atoms with E-state index >= 15 is 0 Å². The van der Waals surface area contributed by atoms with Crippen molar-refractivity contribution in [1.82, 2.24) is 15.1 Å². The summed E-state index contributed by atoms with van der Waals surface area (Å²) in [5, 5.41) is 3.33. The van der Waals surface area contributed by atoms with Crippen LogP contribution in [0.3, 0.4) is 0 Å². The molecule has 0 atom stereocenters. The highest BCUT2D eigenvalue weighted by Crippen LogP contribution is 1.97. The monoisotopic (exact) mass is 215 g/mol. The maximum Gasteiger partial charge on any atom is 0.0110 e. The van der Waals surface area contributed by atoms with Crippen molar-refractivity contribution >= 4 is 0 Å². The first-order chi connectivity index (χ1) is 6.95. The van der Waals surface area contributed by atoms with E-state index in [0.717, 1.165) is 19.1 Å². The van der Waals surface area contributed by atoms with Crippen molar-refractivity contribution in [2.75, 3.05) is 40.3 Å². The van der Waals surface area contributed by atoms with Gasteiger partial charge < -0.3 is 10.2 Å². The second-order valence-corrected chi connectivity index (χ2v) is 4.94. The standard InChI is InChI=1S/C7H16N2.C5H13N/c1-7(2)9-5-3-8-4-6-9;1-5(2)6(3)4/h7-8H,3-6H2,1-2H3;5H,1-4H3. The van der Waals surface area contributed by atoms with Crippen LogP contribution in [0.1, 0.15) is 27.7 Å². The van der Waals surface area contributed by atoms with Gasteiger partial charge in [-0.05, 0) is 41.8 Å². The van der Waals surface area contributed by atoms with Gasteiger partial charge in [-0.1, -0.05) is 0 Å². The van der Waals surface area contributed by atoms with Crippen LogP contribution >= 0.6 is 0 Å². The van der Waals surface area contributed by atoms with Crippen molar-refractivity contribution < 1.29 is 0 Å². The van der Waals surface area contributed by atoms with Crippen LogP contribution < -0.4 is 5.32 Å². The molecule has 0 aromatic rings. The molecule has 1 fully saturated rings. The normalized spacial score (nSPS) is 18.2. The van der Waals surface area contributed by atoms with Gasteiger partial charge in [-0.2, -0.15) is 0 Å². The van der Waals surface area contributed by atoms with E-state index in [1.54, 1.807) is 0 Å². The Morgan fingerprint density at radius 3 is 1.60 bits per heavy atom. The highest BCUT2D eigenvalue weighted by Gasteiger charge is 2.11. The summed E-state index contributed by atoms with van der Waals surface area (Å²) in [6, 6.07) is 1.41. The number of hydrogen-bond donors (Lipinski definition) is 1. The Morgan fingerprint density at radius 2 is 1.40 bits per heavy atom. The van der Waals surface area contributed by atoms with Crippen LogP contribution in [-0.4, -0.2) is 62.2 Å². The van der Waals surface area contributed by atoms with Gasteiger partial charge in [0.05, 0.1) is 0 Å². The van der Waals surface area contributed by atoms with Crippen LogP contribution in [0.4, 0.5) is 0 Å². The summed E-state index contributed by atoms with van der Waals surface area (Å²) in [6.45, 7) is 13.6. The zero-order chi connectivity index (χ0) is 11.8. The van der Waals surface area contributed by atoms with Crippen molar-refractivity contribution in [2.24, 2.45) is 0 Å². The zero-order valence-electron chi connectivity index (χ0n) is 11.4. The number of nitrogens with one attached hydrogen (secondary N) is 1. The minimum Gasteiger partial charge on any atom is -0.314 e. The van der Waals surface area contributed by atoms with Crippen molar-refractivity contribution in [2.45, 2.75) is 39.8 Å². The molecule has 0 aliphatic carbocycles. The van der Waals surface area contributed by atoms with E-state index in [1.807, 2.05) is 0 Å². The Labute approximate surface area is 95.8 Å². The summed E-state index contributed by atoms with van der Waals surface area (Å²) in [5.41, 5.74) is 0. The molecule has 0 bridgehead atoms. The second-order valence-electron chi connectivity index (χ2n) is 4.94. The molecular weight excluding hydrogens is 186 g/mol. The Hall–Kier alpha value is -0.120. The lowest BCUT2D eigenvalue weighted by Gasteiger charge is -2.30. The van der Waals surface area contributed by atoms with Gasteiger partial charge in [0.25, 0.3) is 0 Å². The molecule has 1 aliphatic rings. The molecule has 0 aromatic carbocycles. The van der Waals surface area contributed by atoms with E-state index in [1.165, 1.54) is 13.1 Å². The molecule has 0 radical (unpaired) electrons. The third-order valence-corrected chi connectivity index (χ3v) is 2.91. The van der Waals surface area contributed by atoms with Gasteiger partial charge in [0.1, 0.15) is 0 Å². The molecule has 3 nitrogen and oxygen atoms in total. The van der Waals surface area contributed by atoms with Gasteiger partial charge in [-0.15, -0.1) is 0 Å².